The third kappa shape index (κ3) is 4.76. The van der Waals surface area contributed by atoms with Gasteiger partial charge in [-0.3, -0.25) is 4.99 Å². The predicted molar refractivity (Wildman–Crippen MR) is 108 cm³/mol. The van der Waals surface area contributed by atoms with E-state index in [0.29, 0.717) is 35.1 Å². The molecule has 0 spiro atoms. The third-order valence-electron chi connectivity index (χ3n) is 3.94. The zero-order chi connectivity index (χ0) is 19.1. The molecule has 0 amide bonds. The van der Waals surface area contributed by atoms with Crippen molar-refractivity contribution in [1.82, 2.24) is 0 Å². The molecule has 27 heavy (non-hydrogen) atoms. The highest BCUT2D eigenvalue weighted by molar-refractivity contribution is 6.12. The summed E-state index contributed by atoms with van der Waals surface area (Å²) in [7, 11) is 1.63. The third-order valence-corrected chi connectivity index (χ3v) is 3.94. The zero-order valence-electron chi connectivity index (χ0n) is 15.1. The van der Waals surface area contributed by atoms with Gasteiger partial charge in [0.1, 0.15) is 35.3 Å². The van der Waals surface area contributed by atoms with Crippen LogP contribution in [0.3, 0.4) is 0 Å². The summed E-state index contributed by atoms with van der Waals surface area (Å²) in [5, 5.41) is 10.4. The van der Waals surface area contributed by atoms with E-state index in [1.54, 1.807) is 25.2 Å². The van der Waals surface area contributed by atoms with E-state index < -0.39 is 0 Å². The normalized spacial score (nSPS) is 11.1. The van der Waals surface area contributed by atoms with Crippen LogP contribution in [-0.2, 0) is 6.61 Å². The number of phenols is 1. The molecule has 0 aliphatic rings. The predicted octanol–water partition coefficient (Wildman–Crippen LogP) is 4.98. The van der Waals surface area contributed by atoms with E-state index in [0.717, 1.165) is 5.56 Å². The number of aliphatic imine (C=N–C) groups is 1. The molecule has 0 saturated heterocycles. The number of allylic oxidation sites excluding steroid dienone is 1. The summed E-state index contributed by atoms with van der Waals surface area (Å²) < 4.78 is 11.5. The van der Waals surface area contributed by atoms with Crippen molar-refractivity contribution in [2.75, 3.05) is 7.05 Å². The number of para-hydroxylation sites is 1. The highest BCUT2D eigenvalue weighted by atomic mass is 16.5. The fourth-order valence-electron chi connectivity index (χ4n) is 2.62. The lowest BCUT2D eigenvalue weighted by Crippen LogP contribution is -2.10. The van der Waals surface area contributed by atoms with E-state index in [4.69, 9.17) is 9.47 Å². The second-order valence-corrected chi connectivity index (χ2v) is 5.86. The van der Waals surface area contributed by atoms with Crippen LogP contribution in [0.2, 0.25) is 0 Å². The number of hydrogen-bond donors (Lipinski definition) is 1. The molecule has 4 nitrogen and oxygen atoms in total. The summed E-state index contributed by atoms with van der Waals surface area (Å²) in [5.74, 6) is 1.65. The summed E-state index contributed by atoms with van der Waals surface area (Å²) in [4.78, 5) is 4.23. The van der Waals surface area contributed by atoms with Crippen LogP contribution in [0.1, 0.15) is 11.1 Å². The number of rotatable bonds is 7. The van der Waals surface area contributed by atoms with Crippen LogP contribution < -0.4 is 9.47 Å². The molecule has 0 fully saturated rings. The first-order valence-corrected chi connectivity index (χ1v) is 8.56. The molecule has 0 atom stereocenters. The van der Waals surface area contributed by atoms with Crippen molar-refractivity contribution in [3.63, 3.8) is 0 Å². The Kier molecular flexibility index (Phi) is 5.90. The van der Waals surface area contributed by atoms with Gasteiger partial charge in [-0.2, -0.15) is 0 Å². The number of nitrogens with zero attached hydrogens (tertiary/aromatic N) is 1. The van der Waals surface area contributed by atoms with Gasteiger partial charge in [-0.05, 0) is 29.8 Å². The van der Waals surface area contributed by atoms with Crippen molar-refractivity contribution in [1.29, 1.82) is 0 Å². The summed E-state index contributed by atoms with van der Waals surface area (Å²) in [6, 6.07) is 24.3. The number of aromatic hydroxyl groups is 1. The van der Waals surface area contributed by atoms with E-state index >= 15 is 0 Å². The molecular formula is C23H21NO3. The van der Waals surface area contributed by atoms with Gasteiger partial charge >= 0.3 is 0 Å². The maximum Gasteiger partial charge on any atom is 0.146 e. The topological polar surface area (TPSA) is 51.0 Å². The molecule has 0 radical (unpaired) electrons. The molecule has 3 rings (SSSR count). The van der Waals surface area contributed by atoms with Crippen LogP contribution in [-0.4, -0.2) is 17.9 Å². The van der Waals surface area contributed by atoms with Crippen LogP contribution in [0.5, 0.6) is 17.2 Å². The number of benzene rings is 3. The molecule has 0 aliphatic carbocycles. The Balaban J connectivity index is 1.72. The second kappa shape index (κ2) is 8.72. The van der Waals surface area contributed by atoms with Crippen LogP contribution in [0.4, 0.5) is 0 Å². The van der Waals surface area contributed by atoms with Crippen molar-refractivity contribution in [2.24, 2.45) is 4.99 Å². The van der Waals surface area contributed by atoms with Gasteiger partial charge in [-0.25, -0.2) is 0 Å². The fourth-order valence-corrected chi connectivity index (χ4v) is 2.62. The second-order valence-electron chi connectivity index (χ2n) is 5.86. The molecular weight excluding hydrogens is 338 g/mol. The first-order chi connectivity index (χ1) is 13.2. The summed E-state index contributed by atoms with van der Waals surface area (Å²) in [5.41, 5.74) is 2.07. The molecule has 1 N–H and O–H groups in total. The largest absolute Gasteiger partial charge is 0.507 e. The number of hydrogen-bond acceptors (Lipinski definition) is 4. The highest BCUT2D eigenvalue weighted by Gasteiger charge is 2.15. The minimum Gasteiger partial charge on any atom is -0.507 e. The van der Waals surface area contributed by atoms with Crippen molar-refractivity contribution in [2.45, 2.75) is 6.61 Å². The Morgan fingerprint density at radius 3 is 2.22 bits per heavy atom. The monoisotopic (exact) mass is 359 g/mol. The number of phenolic OH excluding ortho intramolecular Hbond substituents is 1. The standard InChI is InChI=1S/C23H21NO3/c1-17(27-19-11-7-4-8-12-19)23(24-2)21-14-13-20(15-22(21)25)26-16-18-9-5-3-6-10-18/h3-15,25H,1,16H2,2H3/b24-23+. The van der Waals surface area contributed by atoms with Gasteiger partial charge in [0.25, 0.3) is 0 Å². The van der Waals surface area contributed by atoms with Gasteiger partial charge in [-0.1, -0.05) is 55.1 Å². The summed E-state index contributed by atoms with van der Waals surface area (Å²) in [6.45, 7) is 4.37. The zero-order valence-corrected chi connectivity index (χ0v) is 15.1. The van der Waals surface area contributed by atoms with Crippen molar-refractivity contribution < 1.29 is 14.6 Å². The smallest absolute Gasteiger partial charge is 0.146 e. The Hall–Kier alpha value is -3.53. The molecule has 3 aromatic rings. The fraction of sp³-hybridized carbons (Fsp3) is 0.0870. The Morgan fingerprint density at radius 1 is 0.926 bits per heavy atom. The minimum absolute atomic E-state index is 0.0546. The lowest BCUT2D eigenvalue weighted by Gasteiger charge is -2.14. The molecule has 0 heterocycles. The lowest BCUT2D eigenvalue weighted by molar-refractivity contribution is 0.304. The minimum atomic E-state index is 0.0546. The quantitative estimate of drug-likeness (QED) is 0.478. The molecule has 0 unspecified atom stereocenters. The average Bonchev–Trinajstić information content (AvgIpc) is 2.70. The van der Waals surface area contributed by atoms with Gasteiger partial charge in [-0.15, -0.1) is 0 Å². The van der Waals surface area contributed by atoms with Crippen LogP contribution in [0.25, 0.3) is 0 Å². The maximum absolute atomic E-state index is 10.4. The Labute approximate surface area is 159 Å². The molecule has 0 saturated carbocycles. The highest BCUT2D eigenvalue weighted by Crippen LogP contribution is 2.27. The first-order valence-electron chi connectivity index (χ1n) is 8.56. The molecule has 3 aromatic carbocycles. The van der Waals surface area contributed by atoms with Crippen molar-refractivity contribution >= 4 is 5.71 Å². The van der Waals surface area contributed by atoms with E-state index in [9.17, 15) is 5.11 Å². The van der Waals surface area contributed by atoms with Crippen LogP contribution in [0.15, 0.2) is 96.2 Å². The van der Waals surface area contributed by atoms with Gasteiger partial charge in [0.05, 0.1) is 0 Å². The van der Waals surface area contributed by atoms with Crippen LogP contribution in [0, 0.1) is 0 Å². The van der Waals surface area contributed by atoms with Crippen molar-refractivity contribution in [3.8, 4) is 17.2 Å². The average molecular weight is 359 g/mol. The van der Waals surface area contributed by atoms with E-state index in [2.05, 4.69) is 11.6 Å². The molecule has 0 aliphatic heterocycles. The van der Waals surface area contributed by atoms with Gasteiger partial charge < -0.3 is 14.6 Å². The molecule has 0 aromatic heterocycles. The number of ether oxygens (including phenoxy) is 2. The van der Waals surface area contributed by atoms with E-state index in [1.165, 1.54) is 0 Å². The first kappa shape index (κ1) is 18.3. The SMILES string of the molecule is C=C(Oc1ccccc1)/C(=N\C)c1ccc(OCc2ccccc2)cc1O. The Bertz CT molecular complexity index is 934. The van der Waals surface area contributed by atoms with Gasteiger partial charge in [0, 0.05) is 18.7 Å². The van der Waals surface area contributed by atoms with Crippen molar-refractivity contribution in [3.05, 3.63) is 102 Å². The summed E-state index contributed by atoms with van der Waals surface area (Å²) >= 11 is 0. The van der Waals surface area contributed by atoms with E-state index in [-0.39, 0.29) is 5.75 Å². The van der Waals surface area contributed by atoms with Crippen LogP contribution >= 0.6 is 0 Å². The lowest BCUT2D eigenvalue weighted by atomic mass is 10.1. The van der Waals surface area contributed by atoms with Gasteiger partial charge in [0.15, 0.2) is 0 Å². The molecule has 0 bridgehead atoms. The van der Waals surface area contributed by atoms with Gasteiger partial charge in [0.2, 0.25) is 0 Å². The maximum atomic E-state index is 10.4. The molecule has 4 heteroatoms. The molecule has 136 valence electrons. The summed E-state index contributed by atoms with van der Waals surface area (Å²) in [6.07, 6.45) is 0. The Morgan fingerprint density at radius 2 is 1.59 bits per heavy atom. The van der Waals surface area contributed by atoms with E-state index in [1.807, 2.05) is 60.7 Å².